The van der Waals surface area contributed by atoms with E-state index in [-0.39, 0.29) is 10.6 Å². The summed E-state index contributed by atoms with van der Waals surface area (Å²) >= 11 is 0. The summed E-state index contributed by atoms with van der Waals surface area (Å²) < 4.78 is 0. The van der Waals surface area contributed by atoms with Crippen molar-refractivity contribution in [3.8, 4) is 0 Å². The van der Waals surface area contributed by atoms with Crippen LogP contribution in [0.4, 0.5) is 11.6 Å². The summed E-state index contributed by atoms with van der Waals surface area (Å²) in [5.41, 5.74) is 0.352. The number of non-ortho nitro benzene ring substituents is 1. The molecule has 0 unspecified atom stereocenters. The van der Waals surface area contributed by atoms with E-state index in [1.165, 1.54) is 19.3 Å². The number of anilines is 1. The van der Waals surface area contributed by atoms with Gasteiger partial charge in [0.1, 0.15) is 0 Å². The average molecular weight is 352 g/mol. The van der Waals surface area contributed by atoms with Crippen molar-refractivity contribution >= 4 is 33.3 Å². The summed E-state index contributed by atoms with van der Waals surface area (Å²) in [6.07, 6.45) is 8.61. The topological polar surface area (TPSA) is 97.1 Å². The van der Waals surface area contributed by atoms with E-state index >= 15 is 0 Å². The molecule has 3 heterocycles. The zero-order valence-corrected chi connectivity index (χ0v) is 14.4. The minimum absolute atomic E-state index is 0.00128. The molecule has 3 aromatic rings. The van der Waals surface area contributed by atoms with Gasteiger partial charge in [0, 0.05) is 42.5 Å². The number of piperidine rings is 1. The maximum atomic E-state index is 11.7. The highest BCUT2D eigenvalue weighted by Crippen LogP contribution is 2.32. The van der Waals surface area contributed by atoms with Crippen molar-refractivity contribution in [3.05, 3.63) is 40.8 Å². The van der Waals surface area contributed by atoms with E-state index in [2.05, 4.69) is 25.2 Å². The van der Waals surface area contributed by atoms with Gasteiger partial charge >= 0.3 is 5.69 Å². The van der Waals surface area contributed by atoms with Crippen molar-refractivity contribution in [2.24, 2.45) is 0 Å². The lowest BCUT2D eigenvalue weighted by Gasteiger charge is -2.26. The van der Waals surface area contributed by atoms with Gasteiger partial charge in [0.2, 0.25) is 5.95 Å². The molecule has 0 spiro atoms. The van der Waals surface area contributed by atoms with Gasteiger partial charge in [-0.1, -0.05) is 6.42 Å². The Morgan fingerprint density at radius 3 is 2.85 bits per heavy atom. The molecule has 4 rings (SSSR count). The standard InChI is InChI=1S/C18H20N6O2/c25-24(26)17-15-4-5-19-11-13(15)10-14-12-21-18(22-16(14)17)20-6-9-23-7-2-1-3-8-23/h4-5,10-12H,1-3,6-9H2,(H,20,21,22). The van der Waals surface area contributed by atoms with Crippen LogP contribution in [0.25, 0.3) is 21.7 Å². The van der Waals surface area contributed by atoms with Crippen molar-refractivity contribution in [1.82, 2.24) is 19.9 Å². The van der Waals surface area contributed by atoms with Crippen LogP contribution in [0.3, 0.4) is 0 Å². The Labute approximate surface area is 150 Å². The second-order valence-electron chi connectivity index (χ2n) is 6.54. The molecular formula is C18H20N6O2. The van der Waals surface area contributed by atoms with Crippen LogP contribution < -0.4 is 5.32 Å². The molecule has 0 atom stereocenters. The van der Waals surface area contributed by atoms with Gasteiger partial charge in [-0.2, -0.15) is 0 Å². The second-order valence-corrected chi connectivity index (χ2v) is 6.54. The first-order valence-electron chi connectivity index (χ1n) is 8.86. The quantitative estimate of drug-likeness (QED) is 0.428. The number of fused-ring (bicyclic) bond motifs is 2. The van der Waals surface area contributed by atoms with Crippen LogP contribution in [0.1, 0.15) is 19.3 Å². The molecule has 1 saturated heterocycles. The SMILES string of the molecule is O=[N+]([O-])c1c2ccncc2cc2cnc(NCCN3CCCCC3)nc12. The molecule has 1 aromatic carbocycles. The van der Waals surface area contributed by atoms with Crippen LogP contribution in [0, 0.1) is 10.1 Å². The van der Waals surface area contributed by atoms with Crippen molar-refractivity contribution in [3.63, 3.8) is 0 Å². The van der Waals surface area contributed by atoms with Crippen LogP contribution in [0.5, 0.6) is 0 Å². The Kier molecular flexibility index (Phi) is 4.57. The number of nitrogens with zero attached hydrogens (tertiary/aromatic N) is 5. The summed E-state index contributed by atoms with van der Waals surface area (Å²) in [5, 5.41) is 16.7. The van der Waals surface area contributed by atoms with Crippen LogP contribution in [0.2, 0.25) is 0 Å². The van der Waals surface area contributed by atoms with E-state index in [4.69, 9.17) is 0 Å². The summed E-state index contributed by atoms with van der Waals surface area (Å²) in [4.78, 5) is 26.5. The van der Waals surface area contributed by atoms with Gasteiger partial charge < -0.3 is 10.2 Å². The number of likely N-dealkylation sites (tertiary alicyclic amines) is 1. The number of rotatable bonds is 5. The zero-order valence-electron chi connectivity index (χ0n) is 14.4. The summed E-state index contributed by atoms with van der Waals surface area (Å²) in [7, 11) is 0. The number of nitro groups is 1. The highest BCUT2D eigenvalue weighted by Gasteiger charge is 2.20. The van der Waals surface area contributed by atoms with E-state index < -0.39 is 0 Å². The first-order valence-corrected chi connectivity index (χ1v) is 8.86. The van der Waals surface area contributed by atoms with E-state index in [1.54, 1.807) is 24.7 Å². The van der Waals surface area contributed by atoms with Gasteiger partial charge in [-0.3, -0.25) is 15.1 Å². The van der Waals surface area contributed by atoms with Gasteiger partial charge in [0.05, 0.1) is 10.3 Å². The van der Waals surface area contributed by atoms with Crippen LogP contribution in [-0.2, 0) is 0 Å². The fourth-order valence-corrected chi connectivity index (χ4v) is 3.50. The monoisotopic (exact) mass is 352 g/mol. The lowest BCUT2D eigenvalue weighted by molar-refractivity contribution is -0.381. The molecule has 1 fully saturated rings. The van der Waals surface area contributed by atoms with E-state index in [0.29, 0.717) is 27.6 Å². The second kappa shape index (κ2) is 7.17. The van der Waals surface area contributed by atoms with E-state index in [1.807, 2.05) is 6.07 Å². The van der Waals surface area contributed by atoms with Crippen LogP contribution in [0.15, 0.2) is 30.7 Å². The smallest absolute Gasteiger partial charge is 0.303 e. The lowest BCUT2D eigenvalue weighted by atomic mass is 10.1. The van der Waals surface area contributed by atoms with Crippen molar-refractivity contribution in [2.45, 2.75) is 19.3 Å². The molecule has 0 aliphatic carbocycles. The number of nitro benzene ring substituents is 1. The lowest BCUT2D eigenvalue weighted by Crippen LogP contribution is -2.33. The fourth-order valence-electron chi connectivity index (χ4n) is 3.50. The molecule has 0 saturated carbocycles. The molecule has 2 aromatic heterocycles. The van der Waals surface area contributed by atoms with Crippen LogP contribution >= 0.6 is 0 Å². The molecule has 26 heavy (non-hydrogen) atoms. The number of hydrogen-bond acceptors (Lipinski definition) is 7. The summed E-state index contributed by atoms with van der Waals surface area (Å²) in [5.74, 6) is 0.422. The highest BCUT2D eigenvalue weighted by molar-refractivity contribution is 6.06. The number of nitrogens with one attached hydrogen (secondary N) is 1. The van der Waals surface area contributed by atoms with Gasteiger partial charge in [-0.15, -0.1) is 0 Å². The Morgan fingerprint density at radius 1 is 1.19 bits per heavy atom. The number of aromatic nitrogens is 3. The molecule has 0 amide bonds. The third-order valence-electron chi connectivity index (χ3n) is 4.80. The largest absolute Gasteiger partial charge is 0.353 e. The first-order chi connectivity index (χ1) is 12.7. The minimum Gasteiger partial charge on any atom is -0.353 e. The molecular weight excluding hydrogens is 332 g/mol. The number of pyridine rings is 1. The Bertz CT molecular complexity index is 955. The minimum atomic E-state index is -0.380. The molecule has 8 nitrogen and oxygen atoms in total. The van der Waals surface area contributed by atoms with Crippen molar-refractivity contribution in [1.29, 1.82) is 0 Å². The van der Waals surface area contributed by atoms with E-state index in [0.717, 1.165) is 26.2 Å². The van der Waals surface area contributed by atoms with Gasteiger partial charge in [-0.25, -0.2) is 9.97 Å². The molecule has 0 radical (unpaired) electrons. The average Bonchev–Trinajstić information content (AvgIpc) is 2.66. The van der Waals surface area contributed by atoms with Gasteiger partial charge in [0.25, 0.3) is 0 Å². The third-order valence-corrected chi connectivity index (χ3v) is 4.80. The van der Waals surface area contributed by atoms with Gasteiger partial charge in [0.15, 0.2) is 5.52 Å². The zero-order chi connectivity index (χ0) is 17.9. The summed E-state index contributed by atoms with van der Waals surface area (Å²) in [6, 6.07) is 3.49. The molecule has 1 N–H and O–H groups in total. The first kappa shape index (κ1) is 16.6. The molecule has 0 bridgehead atoms. The molecule has 1 aliphatic rings. The number of benzene rings is 1. The molecule has 8 heteroatoms. The fraction of sp³-hybridized carbons (Fsp3) is 0.389. The Balaban J connectivity index is 1.62. The predicted molar refractivity (Wildman–Crippen MR) is 100 cm³/mol. The van der Waals surface area contributed by atoms with Crippen LogP contribution in [-0.4, -0.2) is 51.0 Å². The molecule has 134 valence electrons. The Morgan fingerprint density at radius 2 is 2.04 bits per heavy atom. The predicted octanol–water partition coefficient (Wildman–Crippen LogP) is 2.98. The molecule has 1 aliphatic heterocycles. The van der Waals surface area contributed by atoms with Gasteiger partial charge in [-0.05, 0) is 38.1 Å². The summed E-state index contributed by atoms with van der Waals surface area (Å²) in [6.45, 7) is 3.90. The van der Waals surface area contributed by atoms with E-state index in [9.17, 15) is 10.1 Å². The third kappa shape index (κ3) is 3.28. The number of hydrogen-bond donors (Lipinski definition) is 1. The normalized spacial score (nSPS) is 15.4. The maximum Gasteiger partial charge on any atom is 0.303 e. The van der Waals surface area contributed by atoms with Crippen molar-refractivity contribution in [2.75, 3.05) is 31.5 Å². The Hall–Kier alpha value is -2.87. The van der Waals surface area contributed by atoms with Crippen molar-refractivity contribution < 1.29 is 4.92 Å². The highest BCUT2D eigenvalue weighted by atomic mass is 16.6. The maximum absolute atomic E-state index is 11.7.